The van der Waals surface area contributed by atoms with Crippen LogP contribution in [0, 0.1) is 11.8 Å². The van der Waals surface area contributed by atoms with E-state index in [1.54, 1.807) is 0 Å². The standard InChI is InChI=1S/C16H28N4/c1-5-13-14(8-17)16(19-18-15(13)6-2)20-9-11(3)7-12(4)10-20/h11-12H,5-10,17H2,1-4H3. The molecule has 0 saturated carbocycles. The largest absolute Gasteiger partial charge is 0.354 e. The first-order valence-electron chi connectivity index (χ1n) is 7.92. The van der Waals surface area contributed by atoms with Crippen LogP contribution in [0.5, 0.6) is 0 Å². The first kappa shape index (κ1) is 15.2. The molecule has 0 radical (unpaired) electrons. The van der Waals surface area contributed by atoms with E-state index in [-0.39, 0.29) is 0 Å². The first-order valence-corrected chi connectivity index (χ1v) is 7.92. The Hall–Kier alpha value is -1.16. The Bertz CT molecular complexity index is 448. The zero-order valence-corrected chi connectivity index (χ0v) is 13.3. The maximum atomic E-state index is 6.03. The van der Waals surface area contributed by atoms with Crippen LogP contribution in [0.4, 0.5) is 5.82 Å². The van der Waals surface area contributed by atoms with Gasteiger partial charge in [-0.1, -0.05) is 27.7 Å². The van der Waals surface area contributed by atoms with Gasteiger partial charge in [-0.2, -0.15) is 5.10 Å². The number of piperidine rings is 1. The van der Waals surface area contributed by atoms with Crippen molar-refractivity contribution in [3.8, 4) is 0 Å². The summed E-state index contributed by atoms with van der Waals surface area (Å²) in [6.07, 6.45) is 3.21. The Morgan fingerprint density at radius 1 is 1.05 bits per heavy atom. The van der Waals surface area contributed by atoms with Crippen molar-refractivity contribution in [1.82, 2.24) is 10.2 Å². The number of anilines is 1. The molecule has 0 aromatic carbocycles. The number of nitrogens with zero attached hydrogens (tertiary/aromatic N) is 3. The van der Waals surface area contributed by atoms with Gasteiger partial charge in [0, 0.05) is 25.2 Å². The Labute approximate surface area is 122 Å². The van der Waals surface area contributed by atoms with Gasteiger partial charge in [-0.3, -0.25) is 0 Å². The molecule has 1 aliphatic heterocycles. The first-order chi connectivity index (χ1) is 9.60. The van der Waals surface area contributed by atoms with Crippen molar-refractivity contribution < 1.29 is 0 Å². The van der Waals surface area contributed by atoms with Crippen molar-refractivity contribution >= 4 is 5.82 Å². The van der Waals surface area contributed by atoms with Crippen LogP contribution in [-0.2, 0) is 19.4 Å². The van der Waals surface area contributed by atoms with E-state index in [0.717, 1.165) is 37.4 Å². The van der Waals surface area contributed by atoms with Gasteiger partial charge in [0.15, 0.2) is 5.82 Å². The van der Waals surface area contributed by atoms with Gasteiger partial charge in [0.25, 0.3) is 0 Å². The average Bonchev–Trinajstić information content (AvgIpc) is 2.44. The van der Waals surface area contributed by atoms with Crippen molar-refractivity contribution in [2.75, 3.05) is 18.0 Å². The van der Waals surface area contributed by atoms with E-state index >= 15 is 0 Å². The van der Waals surface area contributed by atoms with E-state index in [4.69, 9.17) is 5.73 Å². The molecular weight excluding hydrogens is 248 g/mol. The SMILES string of the molecule is CCc1nnc(N2CC(C)CC(C)C2)c(CN)c1CC. The maximum absolute atomic E-state index is 6.03. The molecule has 1 saturated heterocycles. The van der Waals surface area contributed by atoms with Crippen molar-refractivity contribution in [2.45, 2.75) is 53.5 Å². The van der Waals surface area contributed by atoms with Crippen molar-refractivity contribution in [1.29, 1.82) is 0 Å². The lowest BCUT2D eigenvalue weighted by atomic mass is 9.91. The summed E-state index contributed by atoms with van der Waals surface area (Å²) in [6.45, 7) is 11.6. The molecule has 112 valence electrons. The summed E-state index contributed by atoms with van der Waals surface area (Å²) in [5.74, 6) is 2.45. The lowest BCUT2D eigenvalue weighted by Gasteiger charge is -2.36. The fraction of sp³-hybridized carbons (Fsp3) is 0.750. The van der Waals surface area contributed by atoms with Crippen molar-refractivity contribution in [2.24, 2.45) is 17.6 Å². The molecule has 1 aromatic heterocycles. The number of aromatic nitrogens is 2. The second kappa shape index (κ2) is 6.53. The molecule has 0 spiro atoms. The molecule has 4 heteroatoms. The highest BCUT2D eigenvalue weighted by Crippen LogP contribution is 2.29. The molecule has 4 nitrogen and oxygen atoms in total. The molecular formula is C16H28N4. The number of rotatable bonds is 4. The molecule has 2 unspecified atom stereocenters. The average molecular weight is 276 g/mol. The lowest BCUT2D eigenvalue weighted by molar-refractivity contribution is 0.354. The molecule has 0 bridgehead atoms. The number of hydrogen-bond donors (Lipinski definition) is 1. The van der Waals surface area contributed by atoms with E-state index in [9.17, 15) is 0 Å². The fourth-order valence-electron chi connectivity index (χ4n) is 3.54. The molecule has 0 amide bonds. The lowest BCUT2D eigenvalue weighted by Crippen LogP contribution is -2.40. The molecule has 0 aliphatic carbocycles. The molecule has 1 aromatic rings. The predicted molar refractivity (Wildman–Crippen MR) is 83.8 cm³/mol. The Kier molecular flexibility index (Phi) is 4.97. The second-order valence-electron chi connectivity index (χ2n) is 6.19. The van der Waals surface area contributed by atoms with E-state index in [1.807, 2.05) is 0 Å². The van der Waals surface area contributed by atoms with Crippen LogP contribution in [0.25, 0.3) is 0 Å². The van der Waals surface area contributed by atoms with E-state index < -0.39 is 0 Å². The summed E-state index contributed by atoms with van der Waals surface area (Å²) in [5, 5.41) is 8.97. The normalized spacial score (nSPS) is 23.1. The Morgan fingerprint density at radius 2 is 1.70 bits per heavy atom. The molecule has 2 heterocycles. The van der Waals surface area contributed by atoms with Crippen LogP contribution in [0.15, 0.2) is 0 Å². The topological polar surface area (TPSA) is 55.0 Å². The van der Waals surface area contributed by atoms with Crippen LogP contribution in [-0.4, -0.2) is 23.3 Å². The van der Waals surface area contributed by atoms with Crippen LogP contribution in [0.3, 0.4) is 0 Å². The summed E-state index contributed by atoms with van der Waals surface area (Å²) in [7, 11) is 0. The van der Waals surface area contributed by atoms with Crippen LogP contribution < -0.4 is 10.6 Å². The monoisotopic (exact) mass is 276 g/mol. The highest BCUT2D eigenvalue weighted by atomic mass is 15.3. The minimum Gasteiger partial charge on any atom is -0.354 e. The summed E-state index contributed by atoms with van der Waals surface area (Å²) < 4.78 is 0. The molecule has 1 fully saturated rings. The number of aryl methyl sites for hydroxylation is 1. The van der Waals surface area contributed by atoms with Gasteiger partial charge in [-0.25, -0.2) is 0 Å². The van der Waals surface area contributed by atoms with Crippen LogP contribution >= 0.6 is 0 Å². The van der Waals surface area contributed by atoms with E-state index in [1.165, 1.54) is 17.5 Å². The summed E-state index contributed by atoms with van der Waals surface area (Å²) >= 11 is 0. The quantitative estimate of drug-likeness (QED) is 0.918. The molecule has 2 atom stereocenters. The van der Waals surface area contributed by atoms with Crippen LogP contribution in [0.2, 0.25) is 0 Å². The number of hydrogen-bond acceptors (Lipinski definition) is 4. The second-order valence-corrected chi connectivity index (χ2v) is 6.19. The minimum absolute atomic E-state index is 0.556. The molecule has 2 N–H and O–H groups in total. The Balaban J connectivity index is 2.40. The van der Waals surface area contributed by atoms with Crippen LogP contribution in [0.1, 0.15) is 50.9 Å². The Morgan fingerprint density at radius 3 is 2.20 bits per heavy atom. The predicted octanol–water partition coefficient (Wildman–Crippen LogP) is 2.54. The molecule has 1 aliphatic rings. The summed E-state index contributed by atoms with van der Waals surface area (Å²) in [5.41, 5.74) is 9.66. The van der Waals surface area contributed by atoms with Gasteiger partial charge in [0.05, 0.1) is 5.69 Å². The van der Waals surface area contributed by atoms with E-state index in [0.29, 0.717) is 18.4 Å². The minimum atomic E-state index is 0.556. The smallest absolute Gasteiger partial charge is 0.156 e. The zero-order chi connectivity index (χ0) is 14.7. The zero-order valence-electron chi connectivity index (χ0n) is 13.3. The molecule has 20 heavy (non-hydrogen) atoms. The van der Waals surface area contributed by atoms with Gasteiger partial charge in [0.2, 0.25) is 0 Å². The van der Waals surface area contributed by atoms with Gasteiger partial charge >= 0.3 is 0 Å². The highest BCUT2D eigenvalue weighted by molar-refractivity contribution is 5.51. The highest BCUT2D eigenvalue weighted by Gasteiger charge is 2.26. The van der Waals surface area contributed by atoms with E-state index in [2.05, 4.69) is 42.8 Å². The fourth-order valence-corrected chi connectivity index (χ4v) is 3.54. The summed E-state index contributed by atoms with van der Waals surface area (Å²) in [6, 6.07) is 0. The summed E-state index contributed by atoms with van der Waals surface area (Å²) in [4.78, 5) is 2.40. The van der Waals surface area contributed by atoms with Crippen molar-refractivity contribution in [3.05, 3.63) is 16.8 Å². The third-order valence-corrected chi connectivity index (χ3v) is 4.31. The van der Waals surface area contributed by atoms with Gasteiger partial charge in [-0.05, 0) is 36.7 Å². The maximum Gasteiger partial charge on any atom is 0.156 e. The van der Waals surface area contributed by atoms with Gasteiger partial charge in [0.1, 0.15) is 0 Å². The molecule has 2 rings (SSSR count). The third kappa shape index (κ3) is 2.95. The van der Waals surface area contributed by atoms with Crippen molar-refractivity contribution in [3.63, 3.8) is 0 Å². The third-order valence-electron chi connectivity index (χ3n) is 4.31. The van der Waals surface area contributed by atoms with Gasteiger partial charge in [-0.15, -0.1) is 5.10 Å². The number of nitrogens with two attached hydrogens (primary N) is 1. The van der Waals surface area contributed by atoms with Gasteiger partial charge < -0.3 is 10.6 Å².